The monoisotopic (exact) mass is 237 g/mol. The number of nitrogens with zero attached hydrogens (tertiary/aromatic N) is 1. The molecule has 3 N–H and O–H groups in total. The number of nitrogens with two attached hydrogens (primary N) is 1. The average Bonchev–Trinajstić information content (AvgIpc) is 2.31. The number of benzene rings is 1. The molecular formula is C12H13F2N3. The lowest BCUT2D eigenvalue weighted by Crippen LogP contribution is -2.25. The maximum Gasteiger partial charge on any atom is 0.194 e. The summed E-state index contributed by atoms with van der Waals surface area (Å²) < 4.78 is 26.1. The zero-order chi connectivity index (χ0) is 12.8. The summed E-state index contributed by atoms with van der Waals surface area (Å²) in [7, 11) is 0. The van der Waals surface area contributed by atoms with Gasteiger partial charge in [-0.2, -0.15) is 0 Å². The number of nitrogens with one attached hydrogen (secondary N) is 1. The summed E-state index contributed by atoms with van der Waals surface area (Å²) in [5, 5.41) is 2.47. The van der Waals surface area contributed by atoms with Gasteiger partial charge in [-0.1, -0.05) is 12.8 Å². The van der Waals surface area contributed by atoms with Crippen LogP contribution in [0.1, 0.15) is 13.3 Å². The first-order valence-electron chi connectivity index (χ1n) is 5.08. The van der Waals surface area contributed by atoms with Crippen LogP contribution >= 0.6 is 0 Å². The van der Waals surface area contributed by atoms with Gasteiger partial charge < -0.3 is 11.1 Å². The lowest BCUT2D eigenvalue weighted by Gasteiger charge is -2.08. The quantitative estimate of drug-likeness (QED) is 0.480. The van der Waals surface area contributed by atoms with Crippen LogP contribution in [0, 0.1) is 24.0 Å². The highest BCUT2D eigenvalue weighted by molar-refractivity contribution is 5.92. The molecule has 0 fully saturated rings. The molecule has 17 heavy (non-hydrogen) atoms. The van der Waals surface area contributed by atoms with Crippen LogP contribution in [0.3, 0.4) is 0 Å². The first-order chi connectivity index (χ1) is 8.06. The number of halogens is 2. The molecule has 0 amide bonds. The molecule has 0 aromatic heterocycles. The minimum Gasteiger partial charge on any atom is -0.370 e. The predicted octanol–water partition coefficient (Wildman–Crippen LogP) is 2.10. The van der Waals surface area contributed by atoms with Gasteiger partial charge in [-0.15, -0.1) is 6.42 Å². The molecule has 0 heterocycles. The molecule has 0 bridgehead atoms. The van der Waals surface area contributed by atoms with Crippen molar-refractivity contribution in [3.8, 4) is 12.3 Å². The van der Waals surface area contributed by atoms with Gasteiger partial charge in [0, 0.05) is 6.07 Å². The van der Waals surface area contributed by atoms with Gasteiger partial charge in [0.2, 0.25) is 0 Å². The molecule has 90 valence electrons. The fourth-order valence-corrected chi connectivity index (χ4v) is 1.18. The van der Waals surface area contributed by atoms with Gasteiger partial charge in [-0.25, -0.2) is 13.8 Å². The first-order valence-corrected chi connectivity index (χ1v) is 5.08. The lowest BCUT2D eigenvalue weighted by atomic mass is 10.2. The number of terminal acetylenes is 1. The van der Waals surface area contributed by atoms with Crippen molar-refractivity contribution in [1.29, 1.82) is 0 Å². The summed E-state index contributed by atoms with van der Waals surface area (Å²) in [6, 6.07) is 2.64. The smallest absolute Gasteiger partial charge is 0.194 e. The third kappa shape index (κ3) is 3.76. The summed E-state index contributed by atoms with van der Waals surface area (Å²) in [4.78, 5) is 3.94. The lowest BCUT2D eigenvalue weighted by molar-refractivity contribution is 0.604. The van der Waals surface area contributed by atoms with Crippen LogP contribution in [0.2, 0.25) is 0 Å². The van der Waals surface area contributed by atoms with Gasteiger partial charge in [-0.05, 0) is 18.6 Å². The molecule has 0 spiro atoms. The molecule has 1 rings (SSSR count). The van der Waals surface area contributed by atoms with Crippen molar-refractivity contribution in [1.82, 2.24) is 0 Å². The van der Waals surface area contributed by atoms with Crippen molar-refractivity contribution in [2.45, 2.75) is 19.4 Å². The van der Waals surface area contributed by atoms with Crippen LogP contribution in [-0.4, -0.2) is 12.0 Å². The van der Waals surface area contributed by atoms with E-state index in [2.05, 4.69) is 16.2 Å². The van der Waals surface area contributed by atoms with Crippen molar-refractivity contribution >= 4 is 11.6 Å². The Morgan fingerprint density at radius 2 is 2.29 bits per heavy atom. The third-order valence-electron chi connectivity index (χ3n) is 2.07. The molecule has 1 unspecified atom stereocenters. The molecule has 1 aromatic carbocycles. The van der Waals surface area contributed by atoms with Crippen molar-refractivity contribution in [2.24, 2.45) is 10.7 Å². The molecule has 0 radical (unpaired) electrons. The van der Waals surface area contributed by atoms with Crippen LogP contribution in [0.15, 0.2) is 23.2 Å². The van der Waals surface area contributed by atoms with E-state index < -0.39 is 11.6 Å². The molecule has 0 aliphatic rings. The second kappa shape index (κ2) is 5.85. The van der Waals surface area contributed by atoms with Gasteiger partial charge >= 0.3 is 0 Å². The molecular weight excluding hydrogens is 224 g/mol. The van der Waals surface area contributed by atoms with E-state index in [-0.39, 0.29) is 17.7 Å². The van der Waals surface area contributed by atoms with E-state index in [1.54, 1.807) is 0 Å². The highest BCUT2D eigenvalue weighted by Gasteiger charge is 2.06. The van der Waals surface area contributed by atoms with Gasteiger partial charge in [0.15, 0.2) is 5.96 Å². The third-order valence-corrected chi connectivity index (χ3v) is 2.07. The van der Waals surface area contributed by atoms with E-state index in [0.717, 1.165) is 18.2 Å². The Morgan fingerprint density at radius 3 is 2.88 bits per heavy atom. The number of rotatable bonds is 3. The summed E-state index contributed by atoms with van der Waals surface area (Å²) >= 11 is 0. The zero-order valence-corrected chi connectivity index (χ0v) is 9.37. The van der Waals surface area contributed by atoms with Gasteiger partial charge in [0.1, 0.15) is 17.7 Å². The van der Waals surface area contributed by atoms with Crippen molar-refractivity contribution in [2.75, 3.05) is 5.32 Å². The van der Waals surface area contributed by atoms with Crippen molar-refractivity contribution in [3.63, 3.8) is 0 Å². The Morgan fingerprint density at radius 1 is 1.59 bits per heavy atom. The summed E-state index contributed by atoms with van der Waals surface area (Å²) in [6.07, 6.45) is 5.82. The first kappa shape index (κ1) is 13.0. The van der Waals surface area contributed by atoms with Crippen LogP contribution in [0.5, 0.6) is 0 Å². The van der Waals surface area contributed by atoms with E-state index in [4.69, 9.17) is 12.2 Å². The standard InChI is InChI=1S/C12H13F2N3/c1-3-9(4-2)16-12(15)17-11-7-8(13)5-6-10(11)14/h1,5-7,9H,4H2,2H3,(H3,15,16,17). The molecule has 1 aromatic rings. The summed E-state index contributed by atoms with van der Waals surface area (Å²) in [6.45, 7) is 1.85. The second-order valence-electron chi connectivity index (χ2n) is 3.35. The van der Waals surface area contributed by atoms with Crippen LogP contribution in [0.25, 0.3) is 0 Å². The normalized spacial score (nSPS) is 12.9. The Bertz CT molecular complexity index is 463. The molecule has 3 nitrogen and oxygen atoms in total. The van der Waals surface area contributed by atoms with E-state index in [9.17, 15) is 8.78 Å². The molecule has 0 saturated carbocycles. The SMILES string of the molecule is C#CC(CC)N=C(N)Nc1cc(F)ccc1F. The van der Waals surface area contributed by atoms with Crippen LogP contribution in [-0.2, 0) is 0 Å². The Balaban J connectivity index is 2.84. The fraction of sp³-hybridized carbons (Fsp3) is 0.250. The summed E-state index contributed by atoms with van der Waals surface area (Å²) in [5.41, 5.74) is 5.46. The van der Waals surface area contributed by atoms with E-state index in [1.165, 1.54) is 0 Å². The Hall–Kier alpha value is -2.09. The van der Waals surface area contributed by atoms with Crippen molar-refractivity contribution in [3.05, 3.63) is 29.8 Å². The highest BCUT2D eigenvalue weighted by atomic mass is 19.1. The largest absolute Gasteiger partial charge is 0.370 e. The number of guanidine groups is 1. The average molecular weight is 237 g/mol. The maximum absolute atomic E-state index is 13.3. The topological polar surface area (TPSA) is 50.4 Å². The number of hydrogen-bond acceptors (Lipinski definition) is 1. The van der Waals surface area contributed by atoms with E-state index in [1.807, 2.05) is 6.92 Å². The molecule has 0 aliphatic carbocycles. The Kier molecular flexibility index (Phi) is 4.46. The van der Waals surface area contributed by atoms with Gasteiger partial charge in [0.25, 0.3) is 0 Å². The zero-order valence-electron chi connectivity index (χ0n) is 9.37. The summed E-state index contributed by atoms with van der Waals surface area (Å²) in [5.74, 6) is 1.20. The van der Waals surface area contributed by atoms with E-state index in [0.29, 0.717) is 6.42 Å². The van der Waals surface area contributed by atoms with Crippen LogP contribution in [0.4, 0.5) is 14.5 Å². The van der Waals surface area contributed by atoms with E-state index >= 15 is 0 Å². The minimum atomic E-state index is -0.613. The van der Waals surface area contributed by atoms with Crippen molar-refractivity contribution < 1.29 is 8.78 Å². The predicted molar refractivity (Wildman–Crippen MR) is 64.5 cm³/mol. The number of aliphatic imine (C=N–C) groups is 1. The van der Waals surface area contributed by atoms with Crippen LogP contribution < -0.4 is 11.1 Å². The second-order valence-corrected chi connectivity index (χ2v) is 3.35. The van der Waals surface area contributed by atoms with Gasteiger partial charge in [-0.3, -0.25) is 0 Å². The fourth-order valence-electron chi connectivity index (χ4n) is 1.18. The molecule has 5 heteroatoms. The maximum atomic E-state index is 13.3. The number of hydrogen-bond donors (Lipinski definition) is 2. The minimum absolute atomic E-state index is 0.0423. The van der Waals surface area contributed by atoms with Gasteiger partial charge in [0.05, 0.1) is 5.69 Å². The molecule has 1 atom stereocenters. The molecule has 0 aliphatic heterocycles. The molecule has 0 saturated heterocycles. The highest BCUT2D eigenvalue weighted by Crippen LogP contribution is 2.14. The number of anilines is 1. The Labute approximate surface area is 98.7 Å².